The normalized spacial score (nSPS) is 14.3. The summed E-state index contributed by atoms with van der Waals surface area (Å²) in [5, 5.41) is 11.0. The van der Waals surface area contributed by atoms with Crippen molar-refractivity contribution in [3.63, 3.8) is 0 Å². The van der Waals surface area contributed by atoms with Gasteiger partial charge in [-0.25, -0.2) is 0 Å². The number of rotatable bonds is 4. The minimum atomic E-state index is 0.136. The summed E-state index contributed by atoms with van der Waals surface area (Å²) >= 11 is 1.84. The van der Waals surface area contributed by atoms with Crippen LogP contribution in [0.15, 0.2) is 151 Å². The quantitative estimate of drug-likeness (QED) is 0.183. The van der Waals surface area contributed by atoms with Crippen LogP contribution in [0.5, 0.6) is 0 Å². The zero-order valence-electron chi connectivity index (χ0n) is 26.4. The van der Waals surface area contributed by atoms with Crippen LogP contribution in [0, 0.1) is 0 Å². The first-order valence-corrected chi connectivity index (χ1v) is 17.0. The monoisotopic (exact) mass is 620 g/mol. The Hall–Kier alpha value is -5.25. The van der Waals surface area contributed by atoms with Gasteiger partial charge in [0.25, 0.3) is 0 Å². The summed E-state index contributed by atoms with van der Waals surface area (Å²) in [6.45, 7) is 5.33. The molecule has 224 valence electrons. The van der Waals surface area contributed by atoms with E-state index in [2.05, 4.69) is 153 Å². The third-order valence-electron chi connectivity index (χ3n) is 9.38. The first-order valence-electron chi connectivity index (χ1n) is 16.2. The van der Waals surface area contributed by atoms with Crippen LogP contribution in [-0.2, 0) is 0 Å². The highest BCUT2D eigenvalue weighted by atomic mass is 32.2. The highest BCUT2D eigenvalue weighted by Crippen LogP contribution is 2.45. The lowest BCUT2D eigenvalue weighted by Gasteiger charge is -2.19. The minimum Gasteiger partial charge on any atom is -0.276 e. The molecule has 1 aliphatic heterocycles. The maximum Gasteiger partial charge on any atom is 0.0998 e. The maximum absolute atomic E-state index is 4.97. The lowest BCUT2D eigenvalue weighted by atomic mass is 9.84. The first-order chi connectivity index (χ1) is 23.0. The van der Waals surface area contributed by atoms with Crippen molar-refractivity contribution in [1.82, 2.24) is 4.98 Å². The van der Waals surface area contributed by atoms with Crippen molar-refractivity contribution >= 4 is 59.9 Å². The number of pyridine rings is 1. The van der Waals surface area contributed by atoms with E-state index in [4.69, 9.17) is 9.98 Å². The number of benzene rings is 7. The average molecular weight is 621 g/mol. The molecule has 7 aromatic carbocycles. The predicted molar refractivity (Wildman–Crippen MR) is 204 cm³/mol. The summed E-state index contributed by atoms with van der Waals surface area (Å²) in [7, 11) is 0. The van der Waals surface area contributed by atoms with Gasteiger partial charge < -0.3 is 0 Å². The number of nitrogens with zero attached hydrogens (tertiary/aromatic N) is 2. The number of thioether (sulfide) groups is 1. The van der Waals surface area contributed by atoms with E-state index in [0.717, 1.165) is 28.4 Å². The van der Waals surface area contributed by atoms with E-state index in [0.29, 0.717) is 0 Å². The van der Waals surface area contributed by atoms with E-state index >= 15 is 0 Å². The molecule has 2 heterocycles. The SMILES string of the molecule is CC1(C)CN=C(c2ccc(-c3ccc4c(-c5ccc6ccccc6c5)c5ccccc5c(-c5ccc6ccccc6c5)c4c3)nc2)S1. The van der Waals surface area contributed by atoms with Gasteiger partial charge in [-0.3, -0.25) is 9.98 Å². The predicted octanol–water partition coefficient (Wildman–Crippen LogP) is 12.0. The highest BCUT2D eigenvalue weighted by Gasteiger charge is 2.28. The van der Waals surface area contributed by atoms with Gasteiger partial charge in [-0.1, -0.05) is 121 Å². The molecule has 2 nitrogen and oxygen atoms in total. The van der Waals surface area contributed by atoms with Gasteiger partial charge in [0.1, 0.15) is 0 Å². The number of fused-ring (bicyclic) bond motifs is 4. The fourth-order valence-corrected chi connectivity index (χ4v) is 8.10. The molecule has 0 aliphatic carbocycles. The van der Waals surface area contributed by atoms with Crippen LogP contribution < -0.4 is 0 Å². The van der Waals surface area contributed by atoms with Gasteiger partial charge in [0, 0.05) is 22.1 Å². The van der Waals surface area contributed by atoms with E-state index < -0.39 is 0 Å². The molecule has 8 aromatic rings. The van der Waals surface area contributed by atoms with Crippen molar-refractivity contribution in [2.45, 2.75) is 18.6 Å². The fourth-order valence-electron chi connectivity index (χ4n) is 7.08. The molecule has 0 bridgehead atoms. The molecule has 1 aromatic heterocycles. The third kappa shape index (κ3) is 4.90. The topological polar surface area (TPSA) is 25.2 Å². The van der Waals surface area contributed by atoms with Gasteiger partial charge in [0.15, 0.2) is 0 Å². The molecule has 1 aliphatic rings. The summed E-state index contributed by atoms with van der Waals surface area (Å²) in [4.78, 5) is 9.77. The molecule has 0 N–H and O–H groups in total. The van der Waals surface area contributed by atoms with Crippen LogP contribution in [0.25, 0.3) is 76.6 Å². The summed E-state index contributed by atoms with van der Waals surface area (Å²) in [5.41, 5.74) is 8.11. The van der Waals surface area contributed by atoms with Crippen molar-refractivity contribution in [3.8, 4) is 33.5 Å². The fraction of sp³-hybridized carbons (Fsp3) is 0.0909. The summed E-state index contributed by atoms with van der Waals surface area (Å²) in [6.07, 6.45) is 1.98. The van der Waals surface area contributed by atoms with Crippen LogP contribution in [0.3, 0.4) is 0 Å². The van der Waals surface area contributed by atoms with Gasteiger partial charge in [-0.15, -0.1) is 0 Å². The molecule has 0 unspecified atom stereocenters. The second kappa shape index (κ2) is 10.9. The molecule has 0 atom stereocenters. The van der Waals surface area contributed by atoms with Crippen LogP contribution in [-0.4, -0.2) is 21.3 Å². The zero-order valence-corrected chi connectivity index (χ0v) is 27.2. The summed E-state index contributed by atoms with van der Waals surface area (Å²) < 4.78 is 0.136. The van der Waals surface area contributed by atoms with Gasteiger partial charge in [-0.05, 0) is 110 Å². The Bertz CT molecular complexity index is 2540. The van der Waals surface area contributed by atoms with Crippen LogP contribution in [0.1, 0.15) is 19.4 Å². The lowest BCUT2D eigenvalue weighted by molar-refractivity contribution is 0.741. The molecule has 0 amide bonds. The Morgan fingerprint density at radius 2 is 1.02 bits per heavy atom. The van der Waals surface area contributed by atoms with Gasteiger partial charge >= 0.3 is 0 Å². The van der Waals surface area contributed by atoms with Crippen molar-refractivity contribution in [2.24, 2.45) is 4.99 Å². The molecule has 0 fully saturated rings. The average Bonchev–Trinajstić information content (AvgIpc) is 3.49. The van der Waals surface area contributed by atoms with E-state index in [-0.39, 0.29) is 4.75 Å². The number of hydrogen-bond donors (Lipinski definition) is 0. The molecular formula is C44H32N2S. The molecule has 0 radical (unpaired) electrons. The Kier molecular flexibility index (Phi) is 6.51. The molecule has 47 heavy (non-hydrogen) atoms. The Morgan fingerprint density at radius 3 is 1.60 bits per heavy atom. The van der Waals surface area contributed by atoms with E-state index in [1.807, 2.05) is 18.0 Å². The Balaban J connectivity index is 1.30. The third-order valence-corrected chi connectivity index (χ3v) is 10.6. The minimum absolute atomic E-state index is 0.136. The van der Waals surface area contributed by atoms with Gasteiger partial charge in [0.05, 0.1) is 17.3 Å². The highest BCUT2D eigenvalue weighted by molar-refractivity contribution is 8.15. The maximum atomic E-state index is 4.97. The molecule has 0 saturated heterocycles. The van der Waals surface area contributed by atoms with Crippen molar-refractivity contribution in [1.29, 1.82) is 0 Å². The number of hydrogen-bond acceptors (Lipinski definition) is 3. The lowest BCUT2D eigenvalue weighted by Crippen LogP contribution is -2.14. The van der Waals surface area contributed by atoms with Crippen molar-refractivity contribution < 1.29 is 0 Å². The smallest absolute Gasteiger partial charge is 0.0998 e. The first kappa shape index (κ1) is 28.0. The van der Waals surface area contributed by atoms with Crippen LogP contribution in [0.4, 0.5) is 0 Å². The van der Waals surface area contributed by atoms with E-state index in [1.54, 1.807) is 0 Å². The van der Waals surface area contributed by atoms with E-state index in [9.17, 15) is 0 Å². The standard InChI is InChI=1S/C44H32N2S/c1-44(2)27-46-43(47-44)35-20-22-40(45-26-35)32-19-21-38-39(25-32)42(34-18-16-29-10-4-6-12-31(29)24-34)37-14-8-7-13-36(37)41(38)33-17-15-28-9-3-5-11-30(28)23-33/h3-26H,27H2,1-2H3. The largest absolute Gasteiger partial charge is 0.276 e. The second-order valence-corrected chi connectivity index (χ2v) is 14.8. The van der Waals surface area contributed by atoms with Crippen LogP contribution >= 0.6 is 11.8 Å². The summed E-state index contributed by atoms with van der Waals surface area (Å²) in [5.74, 6) is 0. The van der Waals surface area contributed by atoms with Crippen molar-refractivity contribution in [3.05, 3.63) is 151 Å². The molecule has 0 spiro atoms. The Morgan fingerprint density at radius 1 is 0.489 bits per heavy atom. The molecule has 0 saturated carbocycles. The number of aromatic nitrogens is 1. The zero-order chi connectivity index (χ0) is 31.5. The van der Waals surface area contributed by atoms with Gasteiger partial charge in [0.2, 0.25) is 0 Å². The van der Waals surface area contributed by atoms with Crippen LogP contribution in [0.2, 0.25) is 0 Å². The Labute approximate surface area is 278 Å². The molecule has 9 rings (SSSR count). The van der Waals surface area contributed by atoms with E-state index in [1.165, 1.54) is 65.3 Å². The molecular weight excluding hydrogens is 589 g/mol. The molecule has 3 heteroatoms. The summed E-state index contributed by atoms with van der Waals surface area (Å²) in [6, 6.07) is 51.1. The number of aliphatic imine (C=N–C) groups is 1. The van der Waals surface area contributed by atoms with Gasteiger partial charge in [-0.2, -0.15) is 0 Å². The second-order valence-electron chi connectivity index (χ2n) is 13.1. The van der Waals surface area contributed by atoms with Crippen molar-refractivity contribution in [2.75, 3.05) is 6.54 Å².